The highest BCUT2D eigenvalue weighted by Gasteiger charge is 2.06. The summed E-state index contributed by atoms with van der Waals surface area (Å²) in [6, 6.07) is 16.3. The van der Waals surface area contributed by atoms with Crippen molar-refractivity contribution in [1.29, 1.82) is 5.26 Å². The highest BCUT2D eigenvalue weighted by atomic mass is 35.5. The van der Waals surface area contributed by atoms with Gasteiger partial charge in [-0.1, -0.05) is 12.1 Å². The van der Waals surface area contributed by atoms with E-state index in [0.29, 0.717) is 17.0 Å². The number of hydrogen-bond donors (Lipinski definition) is 1. The first-order chi connectivity index (χ1) is 10.2. The number of anilines is 1. The van der Waals surface area contributed by atoms with Crippen molar-refractivity contribution in [1.82, 2.24) is 0 Å². The number of alkyl halides is 1. The van der Waals surface area contributed by atoms with E-state index in [9.17, 15) is 4.79 Å². The summed E-state index contributed by atoms with van der Waals surface area (Å²) in [5.41, 5.74) is 2.97. The number of benzene rings is 2. The Hall–Kier alpha value is -2.31. The molecule has 0 aliphatic rings. The van der Waals surface area contributed by atoms with Crippen molar-refractivity contribution in [2.45, 2.75) is 12.8 Å². The Balaban J connectivity index is 2.06. The molecular weight excluding hydrogens is 284 g/mol. The second kappa shape index (κ2) is 7.47. The molecule has 0 radical (unpaired) electrons. The third-order valence-electron chi connectivity index (χ3n) is 3.06. The first-order valence-corrected chi connectivity index (χ1v) is 7.23. The minimum absolute atomic E-state index is 0.186. The van der Waals surface area contributed by atoms with Crippen molar-refractivity contribution in [3.8, 4) is 6.07 Å². The first-order valence-electron chi connectivity index (χ1n) is 6.69. The maximum Gasteiger partial charge on any atom is 0.255 e. The summed E-state index contributed by atoms with van der Waals surface area (Å²) in [7, 11) is 0. The van der Waals surface area contributed by atoms with Gasteiger partial charge in [-0.25, -0.2) is 0 Å². The van der Waals surface area contributed by atoms with Crippen LogP contribution in [0.5, 0.6) is 0 Å². The molecule has 2 rings (SSSR count). The number of hydrogen-bond acceptors (Lipinski definition) is 2. The van der Waals surface area contributed by atoms with Gasteiger partial charge in [0.2, 0.25) is 0 Å². The molecule has 21 heavy (non-hydrogen) atoms. The fourth-order valence-electron chi connectivity index (χ4n) is 1.97. The van der Waals surface area contributed by atoms with E-state index in [1.807, 2.05) is 30.3 Å². The van der Waals surface area contributed by atoms with Crippen LogP contribution in [0.25, 0.3) is 0 Å². The molecule has 0 bridgehead atoms. The number of nitriles is 1. The maximum absolute atomic E-state index is 12.1. The van der Waals surface area contributed by atoms with Gasteiger partial charge >= 0.3 is 0 Å². The molecule has 0 aromatic heterocycles. The van der Waals surface area contributed by atoms with E-state index in [4.69, 9.17) is 16.9 Å². The normalized spacial score (nSPS) is 9.90. The summed E-state index contributed by atoms with van der Waals surface area (Å²) in [5, 5.41) is 11.6. The van der Waals surface area contributed by atoms with Gasteiger partial charge in [0.15, 0.2) is 0 Å². The number of nitrogens with one attached hydrogen (secondary N) is 1. The molecule has 0 saturated heterocycles. The van der Waals surface area contributed by atoms with E-state index in [-0.39, 0.29) is 5.91 Å². The summed E-state index contributed by atoms with van der Waals surface area (Å²) < 4.78 is 0. The third kappa shape index (κ3) is 4.34. The van der Waals surface area contributed by atoms with Crippen molar-refractivity contribution >= 4 is 23.2 Å². The zero-order valence-electron chi connectivity index (χ0n) is 11.5. The Labute approximate surface area is 129 Å². The van der Waals surface area contributed by atoms with E-state index < -0.39 is 0 Å². The van der Waals surface area contributed by atoms with E-state index in [0.717, 1.165) is 24.1 Å². The minimum Gasteiger partial charge on any atom is -0.322 e. The van der Waals surface area contributed by atoms with Crippen LogP contribution in [0, 0.1) is 11.3 Å². The van der Waals surface area contributed by atoms with Gasteiger partial charge in [-0.15, -0.1) is 11.6 Å². The molecule has 3 nitrogen and oxygen atoms in total. The van der Waals surface area contributed by atoms with E-state index in [1.54, 1.807) is 24.3 Å². The van der Waals surface area contributed by atoms with Crippen molar-refractivity contribution < 1.29 is 4.79 Å². The maximum atomic E-state index is 12.1. The molecule has 0 aliphatic heterocycles. The Morgan fingerprint density at radius 3 is 2.62 bits per heavy atom. The summed E-state index contributed by atoms with van der Waals surface area (Å²) in [4.78, 5) is 12.1. The Kier molecular flexibility index (Phi) is 5.36. The van der Waals surface area contributed by atoms with Crippen LogP contribution in [0.2, 0.25) is 0 Å². The van der Waals surface area contributed by atoms with Crippen LogP contribution in [-0.2, 0) is 6.42 Å². The summed E-state index contributed by atoms with van der Waals surface area (Å²) in [5.74, 6) is 0.441. The van der Waals surface area contributed by atoms with E-state index in [2.05, 4.69) is 5.32 Å². The lowest BCUT2D eigenvalue weighted by Gasteiger charge is -2.07. The van der Waals surface area contributed by atoms with Crippen molar-refractivity contribution in [2.24, 2.45) is 0 Å². The van der Waals surface area contributed by atoms with Crippen LogP contribution in [0.15, 0.2) is 48.5 Å². The highest BCUT2D eigenvalue weighted by Crippen LogP contribution is 2.14. The molecule has 0 saturated carbocycles. The van der Waals surface area contributed by atoms with Crippen molar-refractivity contribution in [3.05, 3.63) is 65.2 Å². The van der Waals surface area contributed by atoms with Gasteiger partial charge in [0, 0.05) is 17.1 Å². The zero-order valence-corrected chi connectivity index (χ0v) is 12.2. The lowest BCUT2D eigenvalue weighted by molar-refractivity contribution is 0.102. The molecule has 0 spiro atoms. The highest BCUT2D eigenvalue weighted by molar-refractivity contribution is 6.17. The average molecular weight is 299 g/mol. The smallest absolute Gasteiger partial charge is 0.255 e. The van der Waals surface area contributed by atoms with Gasteiger partial charge in [-0.3, -0.25) is 4.79 Å². The molecule has 2 aromatic carbocycles. The van der Waals surface area contributed by atoms with E-state index >= 15 is 0 Å². The first kappa shape index (κ1) is 15.1. The number of nitrogens with zero attached hydrogens (tertiary/aromatic N) is 1. The average Bonchev–Trinajstić information content (AvgIpc) is 2.53. The fourth-order valence-corrected chi connectivity index (χ4v) is 2.11. The molecule has 1 amide bonds. The van der Waals surface area contributed by atoms with Crippen LogP contribution in [0.1, 0.15) is 27.9 Å². The van der Waals surface area contributed by atoms with Gasteiger partial charge < -0.3 is 5.32 Å². The van der Waals surface area contributed by atoms with Crippen molar-refractivity contribution in [2.75, 3.05) is 11.2 Å². The SMILES string of the molecule is N#Cc1ccc(C(=O)Nc2cccc(CCCCl)c2)cc1. The summed E-state index contributed by atoms with van der Waals surface area (Å²) in [6.45, 7) is 0. The standard InChI is InChI=1S/C17H15ClN2O/c18-10-2-4-13-3-1-5-16(11-13)20-17(21)15-8-6-14(12-19)7-9-15/h1,3,5-9,11H,2,4,10H2,(H,20,21). The molecule has 0 heterocycles. The van der Waals surface area contributed by atoms with Gasteiger partial charge in [0.25, 0.3) is 5.91 Å². The van der Waals surface area contributed by atoms with Crippen LogP contribution in [0.4, 0.5) is 5.69 Å². The Morgan fingerprint density at radius 2 is 1.95 bits per heavy atom. The van der Waals surface area contributed by atoms with Crippen LogP contribution in [-0.4, -0.2) is 11.8 Å². The molecular formula is C17H15ClN2O. The molecule has 106 valence electrons. The lowest BCUT2D eigenvalue weighted by atomic mass is 10.1. The lowest BCUT2D eigenvalue weighted by Crippen LogP contribution is -2.11. The molecule has 2 aromatic rings. The van der Waals surface area contributed by atoms with Gasteiger partial charge in [0.05, 0.1) is 11.6 Å². The second-order valence-corrected chi connectivity index (χ2v) is 5.01. The number of halogens is 1. The number of rotatable bonds is 5. The topological polar surface area (TPSA) is 52.9 Å². The van der Waals surface area contributed by atoms with Crippen LogP contribution < -0.4 is 5.32 Å². The minimum atomic E-state index is -0.186. The molecule has 0 aliphatic carbocycles. The molecule has 1 N–H and O–H groups in total. The number of amides is 1. The third-order valence-corrected chi connectivity index (χ3v) is 3.33. The van der Waals surface area contributed by atoms with Crippen molar-refractivity contribution in [3.63, 3.8) is 0 Å². The summed E-state index contributed by atoms with van der Waals surface area (Å²) in [6.07, 6.45) is 1.80. The second-order valence-electron chi connectivity index (χ2n) is 4.64. The van der Waals surface area contributed by atoms with Gasteiger partial charge in [-0.05, 0) is 54.8 Å². The molecule has 0 fully saturated rings. The predicted octanol–water partition coefficient (Wildman–Crippen LogP) is 3.98. The molecule has 0 unspecified atom stereocenters. The van der Waals surface area contributed by atoms with Crippen LogP contribution >= 0.6 is 11.6 Å². The largest absolute Gasteiger partial charge is 0.322 e. The number of carbonyl (C=O) groups is 1. The predicted molar refractivity (Wildman–Crippen MR) is 84.6 cm³/mol. The van der Waals surface area contributed by atoms with Gasteiger partial charge in [0.1, 0.15) is 0 Å². The number of carbonyl (C=O) groups excluding carboxylic acids is 1. The summed E-state index contributed by atoms with van der Waals surface area (Å²) >= 11 is 5.69. The fraction of sp³-hybridized carbons (Fsp3) is 0.176. The molecule has 4 heteroatoms. The number of aryl methyl sites for hydroxylation is 1. The zero-order chi connectivity index (χ0) is 15.1. The van der Waals surface area contributed by atoms with E-state index in [1.165, 1.54) is 0 Å². The monoisotopic (exact) mass is 298 g/mol. The van der Waals surface area contributed by atoms with Gasteiger partial charge in [-0.2, -0.15) is 5.26 Å². The quantitative estimate of drug-likeness (QED) is 0.849. The van der Waals surface area contributed by atoms with Crippen LogP contribution in [0.3, 0.4) is 0 Å². The molecule has 0 atom stereocenters. The Morgan fingerprint density at radius 1 is 1.19 bits per heavy atom. The Bertz CT molecular complexity index is 659.